The number of aliphatic carboxylic acids is 1. The van der Waals surface area contributed by atoms with E-state index in [0.717, 1.165) is 0 Å². The van der Waals surface area contributed by atoms with Crippen LogP contribution in [0.15, 0.2) is 5.18 Å². The lowest BCUT2D eigenvalue weighted by Crippen LogP contribution is -2.08. The summed E-state index contributed by atoms with van der Waals surface area (Å²) in [4.78, 5) is 18.8. The van der Waals surface area contributed by atoms with Gasteiger partial charge in [0.1, 0.15) is 0 Å². The molecule has 1 N–H and O–H groups in total. The molecular formula is C2H3NO3S. The topological polar surface area (TPSA) is 66.7 Å². The minimum atomic E-state index is -1.42. The van der Waals surface area contributed by atoms with Crippen molar-refractivity contribution in [2.24, 2.45) is 5.18 Å². The van der Waals surface area contributed by atoms with Gasteiger partial charge in [0.15, 0.2) is 0 Å². The molecule has 0 bridgehead atoms. The average molecular weight is 121 g/mol. The molecular weight excluding hydrogens is 118 g/mol. The number of hydrogen-bond donors (Lipinski definition) is 2. The normalized spacial score (nSPS) is 12.7. The first-order valence-electron chi connectivity index (χ1n) is 1.42. The van der Waals surface area contributed by atoms with E-state index in [9.17, 15) is 9.70 Å². The number of thiol groups is 1. The van der Waals surface area contributed by atoms with Crippen molar-refractivity contribution in [3.05, 3.63) is 4.91 Å². The van der Waals surface area contributed by atoms with Gasteiger partial charge >= 0.3 is 5.97 Å². The molecule has 1 unspecified atom stereocenters. The van der Waals surface area contributed by atoms with Gasteiger partial charge in [0, 0.05) is 0 Å². The Bertz CT molecular complexity index is 92.9. The van der Waals surface area contributed by atoms with E-state index in [-0.39, 0.29) is 0 Å². The fourth-order valence-electron chi connectivity index (χ4n) is 0.0451. The molecule has 0 saturated carbocycles. The first-order valence-corrected chi connectivity index (χ1v) is 1.93. The molecule has 0 aromatic heterocycles. The third-order valence-electron chi connectivity index (χ3n) is 0.321. The highest BCUT2D eigenvalue weighted by Gasteiger charge is 2.09. The van der Waals surface area contributed by atoms with Crippen LogP contribution in [0.2, 0.25) is 0 Å². The molecule has 4 nitrogen and oxygen atoms in total. The predicted octanol–water partition coefficient (Wildman–Crippen LogP) is 0.0933. The van der Waals surface area contributed by atoms with Gasteiger partial charge in [-0.1, -0.05) is 0 Å². The molecule has 0 radical (unpaired) electrons. The van der Waals surface area contributed by atoms with E-state index in [1.165, 1.54) is 0 Å². The van der Waals surface area contributed by atoms with E-state index >= 15 is 0 Å². The summed E-state index contributed by atoms with van der Waals surface area (Å²) in [5.74, 6) is -1.32. The number of hydrogen-bond acceptors (Lipinski definition) is 4. The number of carboxylic acid groups (broad SMARTS) is 1. The maximum atomic E-state index is 9.56. The molecule has 5 heteroatoms. The van der Waals surface area contributed by atoms with E-state index in [1.807, 2.05) is 0 Å². The van der Waals surface area contributed by atoms with Crippen LogP contribution in [-0.2, 0) is 4.79 Å². The minimum absolute atomic E-state index is 1.32. The third-order valence-corrected chi connectivity index (χ3v) is 0.636. The standard InChI is InChI=1S/C2H3NO3S/c4-2(5)1(7)3-6/h1,7H,(H,4,5). The Kier molecular flexibility index (Phi) is 2.36. The van der Waals surface area contributed by atoms with E-state index in [0.29, 0.717) is 0 Å². The Labute approximate surface area is 44.9 Å². The number of carboxylic acids is 1. The van der Waals surface area contributed by atoms with Crippen LogP contribution in [-0.4, -0.2) is 16.4 Å². The Balaban J connectivity index is 3.55. The summed E-state index contributed by atoms with van der Waals surface area (Å²) in [6, 6.07) is 0. The second-order valence-corrected chi connectivity index (χ2v) is 1.31. The van der Waals surface area contributed by atoms with Crippen molar-refractivity contribution >= 4 is 18.6 Å². The summed E-state index contributed by atoms with van der Waals surface area (Å²) >= 11 is 3.25. The van der Waals surface area contributed by atoms with Crippen molar-refractivity contribution in [2.75, 3.05) is 0 Å². The van der Waals surface area contributed by atoms with Gasteiger partial charge in [-0.3, -0.25) is 0 Å². The summed E-state index contributed by atoms with van der Waals surface area (Å²) in [6.45, 7) is 0. The van der Waals surface area contributed by atoms with Crippen LogP contribution in [0.1, 0.15) is 0 Å². The van der Waals surface area contributed by atoms with Crippen LogP contribution in [0.4, 0.5) is 0 Å². The van der Waals surface area contributed by atoms with Crippen molar-refractivity contribution in [1.82, 2.24) is 0 Å². The maximum absolute atomic E-state index is 9.56. The second-order valence-electron chi connectivity index (χ2n) is 0.817. The summed E-state index contributed by atoms with van der Waals surface area (Å²) in [7, 11) is 0. The van der Waals surface area contributed by atoms with Gasteiger partial charge in [0.05, 0.1) is 0 Å². The number of nitrogens with zero attached hydrogens (tertiary/aromatic N) is 1. The van der Waals surface area contributed by atoms with Crippen LogP contribution in [0.3, 0.4) is 0 Å². The zero-order chi connectivity index (χ0) is 5.86. The molecule has 0 aliphatic rings. The average Bonchev–Trinajstić information content (AvgIpc) is 1.65. The van der Waals surface area contributed by atoms with E-state index in [4.69, 9.17) is 5.11 Å². The molecule has 0 heterocycles. The van der Waals surface area contributed by atoms with Crippen LogP contribution in [0.25, 0.3) is 0 Å². The summed E-state index contributed by atoms with van der Waals surface area (Å²) in [5, 5.41) is 8.50. The van der Waals surface area contributed by atoms with Gasteiger partial charge in [0.2, 0.25) is 5.37 Å². The monoisotopic (exact) mass is 121 g/mol. The Hall–Kier alpha value is -0.580. The van der Waals surface area contributed by atoms with Crippen molar-refractivity contribution < 1.29 is 9.90 Å². The first kappa shape index (κ1) is 6.42. The van der Waals surface area contributed by atoms with Gasteiger partial charge in [-0.25, -0.2) is 4.79 Å². The van der Waals surface area contributed by atoms with Crippen molar-refractivity contribution in [3.63, 3.8) is 0 Å². The van der Waals surface area contributed by atoms with Crippen molar-refractivity contribution in [1.29, 1.82) is 0 Å². The van der Waals surface area contributed by atoms with Gasteiger partial charge in [-0.15, -0.1) is 17.5 Å². The molecule has 0 rings (SSSR count). The molecule has 0 amide bonds. The third kappa shape index (κ3) is 2.16. The summed E-state index contributed by atoms with van der Waals surface area (Å²) < 4.78 is 0. The molecule has 0 aliphatic heterocycles. The molecule has 0 saturated heterocycles. The molecule has 0 fully saturated rings. The number of carbonyl (C=O) groups is 1. The Morgan fingerprint density at radius 1 is 1.86 bits per heavy atom. The molecule has 40 valence electrons. The zero-order valence-electron chi connectivity index (χ0n) is 3.24. The summed E-state index contributed by atoms with van der Waals surface area (Å²) in [5.41, 5.74) is 0. The summed E-state index contributed by atoms with van der Waals surface area (Å²) in [6.07, 6.45) is 0. The SMILES string of the molecule is O=NC(S)C(=O)O. The fourth-order valence-corrected chi connectivity index (χ4v) is 0.0451. The molecule has 0 aromatic rings. The van der Waals surface area contributed by atoms with Gasteiger partial charge in [-0.2, -0.15) is 0 Å². The van der Waals surface area contributed by atoms with Crippen molar-refractivity contribution in [3.8, 4) is 0 Å². The van der Waals surface area contributed by atoms with E-state index < -0.39 is 11.3 Å². The smallest absolute Gasteiger partial charge is 0.342 e. The predicted molar refractivity (Wildman–Crippen MR) is 26.2 cm³/mol. The molecule has 0 spiro atoms. The number of nitroso groups, excluding NO2 is 1. The van der Waals surface area contributed by atoms with E-state index in [1.54, 1.807) is 0 Å². The highest BCUT2D eigenvalue weighted by Crippen LogP contribution is 1.92. The maximum Gasteiger partial charge on any atom is 0.342 e. The molecule has 1 atom stereocenters. The number of rotatable bonds is 2. The Morgan fingerprint density at radius 2 is 2.29 bits per heavy atom. The van der Waals surface area contributed by atoms with E-state index in [2.05, 4.69) is 17.8 Å². The zero-order valence-corrected chi connectivity index (χ0v) is 4.13. The van der Waals surface area contributed by atoms with Crippen LogP contribution in [0.5, 0.6) is 0 Å². The largest absolute Gasteiger partial charge is 0.479 e. The first-order chi connectivity index (χ1) is 3.18. The molecule has 0 aliphatic carbocycles. The van der Waals surface area contributed by atoms with Crippen molar-refractivity contribution in [2.45, 2.75) is 5.37 Å². The van der Waals surface area contributed by atoms with Crippen LogP contribution in [0, 0.1) is 4.91 Å². The second kappa shape index (κ2) is 2.57. The Morgan fingerprint density at radius 3 is 2.29 bits per heavy atom. The van der Waals surface area contributed by atoms with Gasteiger partial charge < -0.3 is 5.11 Å². The molecule has 0 aromatic carbocycles. The molecule has 7 heavy (non-hydrogen) atoms. The minimum Gasteiger partial charge on any atom is -0.479 e. The van der Waals surface area contributed by atoms with Crippen LogP contribution < -0.4 is 0 Å². The quantitative estimate of drug-likeness (QED) is 0.402. The lowest BCUT2D eigenvalue weighted by Gasteiger charge is -1.86. The highest BCUT2D eigenvalue weighted by molar-refractivity contribution is 7.81. The highest BCUT2D eigenvalue weighted by atomic mass is 32.1. The van der Waals surface area contributed by atoms with Gasteiger partial charge in [0.25, 0.3) is 0 Å². The lowest BCUT2D eigenvalue weighted by atomic mass is 10.7. The fraction of sp³-hybridized carbons (Fsp3) is 0.500. The van der Waals surface area contributed by atoms with Crippen LogP contribution >= 0.6 is 12.6 Å². The van der Waals surface area contributed by atoms with Gasteiger partial charge in [-0.05, 0) is 5.18 Å². The lowest BCUT2D eigenvalue weighted by molar-refractivity contribution is -0.136.